The molecule has 1 nitrogen and oxygen atoms in total. The summed E-state index contributed by atoms with van der Waals surface area (Å²) in [4.78, 5) is 6.25. The SMILES string of the molecule is c1ccc2c(c1)SCC1=c3ccccc3=N[C@@H]12. The van der Waals surface area contributed by atoms with Gasteiger partial charge in [0, 0.05) is 15.9 Å². The van der Waals surface area contributed by atoms with Gasteiger partial charge in [-0.1, -0.05) is 36.4 Å². The van der Waals surface area contributed by atoms with Crippen LogP contribution in [0.1, 0.15) is 11.6 Å². The van der Waals surface area contributed by atoms with Gasteiger partial charge in [-0.3, -0.25) is 4.99 Å². The second-order valence-electron chi connectivity index (χ2n) is 4.40. The molecule has 0 N–H and O–H groups in total. The molecule has 0 radical (unpaired) electrons. The maximum atomic E-state index is 4.86. The van der Waals surface area contributed by atoms with Crippen LogP contribution >= 0.6 is 11.8 Å². The van der Waals surface area contributed by atoms with Gasteiger partial charge in [0.15, 0.2) is 0 Å². The van der Waals surface area contributed by atoms with Crippen molar-refractivity contribution in [3.63, 3.8) is 0 Å². The van der Waals surface area contributed by atoms with Crippen LogP contribution < -0.4 is 10.6 Å². The summed E-state index contributed by atoms with van der Waals surface area (Å²) >= 11 is 1.93. The highest BCUT2D eigenvalue weighted by molar-refractivity contribution is 7.99. The lowest BCUT2D eigenvalue weighted by molar-refractivity contribution is 0.880. The lowest BCUT2D eigenvalue weighted by atomic mass is 10.00. The van der Waals surface area contributed by atoms with Gasteiger partial charge in [-0.05, 0) is 23.3 Å². The van der Waals surface area contributed by atoms with Gasteiger partial charge in [-0.25, -0.2) is 0 Å². The monoisotopic (exact) mass is 237 g/mol. The standard InChI is InChI=1S/C15H11NS/c1-3-7-13-10(5-1)12-9-17-14-8-4-2-6-11(14)15(12)16-13/h1-8,15H,9H2/t15-/m1/s1. The van der Waals surface area contributed by atoms with Gasteiger partial charge >= 0.3 is 0 Å². The molecular weight excluding hydrogens is 226 g/mol. The van der Waals surface area contributed by atoms with Crippen molar-refractivity contribution in [1.82, 2.24) is 0 Å². The van der Waals surface area contributed by atoms with E-state index in [1.54, 1.807) is 0 Å². The molecule has 2 aromatic carbocycles. The molecule has 1 atom stereocenters. The highest BCUT2D eigenvalue weighted by atomic mass is 32.2. The van der Waals surface area contributed by atoms with Crippen LogP contribution in [0.3, 0.4) is 0 Å². The Morgan fingerprint density at radius 1 is 1.00 bits per heavy atom. The summed E-state index contributed by atoms with van der Waals surface area (Å²) in [5.74, 6) is 1.07. The van der Waals surface area contributed by atoms with Crippen molar-refractivity contribution < 1.29 is 0 Å². The van der Waals surface area contributed by atoms with E-state index >= 15 is 0 Å². The number of hydrogen-bond acceptors (Lipinski definition) is 2. The Bertz CT molecular complexity index is 718. The van der Waals surface area contributed by atoms with Crippen LogP contribution in [-0.2, 0) is 0 Å². The fourth-order valence-electron chi connectivity index (χ4n) is 2.63. The van der Waals surface area contributed by atoms with Crippen molar-refractivity contribution in [3.05, 3.63) is 64.7 Å². The van der Waals surface area contributed by atoms with Crippen LogP contribution in [0.15, 0.2) is 58.4 Å². The Hall–Kier alpha value is -1.54. The van der Waals surface area contributed by atoms with Gasteiger partial charge in [-0.2, -0.15) is 0 Å². The average molecular weight is 237 g/mol. The van der Waals surface area contributed by atoms with Crippen LogP contribution in [0, 0.1) is 0 Å². The number of para-hydroxylation sites is 1. The van der Waals surface area contributed by atoms with E-state index in [0.717, 1.165) is 11.1 Å². The van der Waals surface area contributed by atoms with E-state index in [4.69, 9.17) is 4.99 Å². The number of thioether (sulfide) groups is 1. The molecule has 2 aliphatic heterocycles. The van der Waals surface area contributed by atoms with Crippen LogP contribution in [0.4, 0.5) is 0 Å². The van der Waals surface area contributed by atoms with Gasteiger partial charge in [0.2, 0.25) is 0 Å². The van der Waals surface area contributed by atoms with E-state index in [1.807, 2.05) is 11.8 Å². The van der Waals surface area contributed by atoms with Crippen molar-refractivity contribution in [2.75, 3.05) is 5.75 Å². The summed E-state index contributed by atoms with van der Waals surface area (Å²) in [6.45, 7) is 0. The Balaban J connectivity index is 2.04. The van der Waals surface area contributed by atoms with Crippen LogP contribution in [0.25, 0.3) is 5.57 Å². The number of rotatable bonds is 0. The number of benzene rings is 2. The van der Waals surface area contributed by atoms with Crippen molar-refractivity contribution in [2.45, 2.75) is 10.9 Å². The molecule has 2 heteroatoms. The number of fused-ring (bicyclic) bond motifs is 4. The topological polar surface area (TPSA) is 12.4 Å². The van der Waals surface area contributed by atoms with E-state index in [0.29, 0.717) is 0 Å². The molecule has 2 aliphatic rings. The highest BCUT2D eigenvalue weighted by Gasteiger charge is 2.27. The largest absolute Gasteiger partial charge is 0.272 e. The third-order valence-electron chi connectivity index (χ3n) is 3.45. The minimum absolute atomic E-state index is 0.268. The van der Waals surface area contributed by atoms with Crippen LogP contribution in [0.5, 0.6) is 0 Å². The first-order valence-corrected chi connectivity index (χ1v) is 6.80. The van der Waals surface area contributed by atoms with Crippen molar-refractivity contribution in [1.29, 1.82) is 0 Å². The molecule has 0 unspecified atom stereocenters. The molecule has 0 saturated heterocycles. The summed E-state index contributed by atoms with van der Waals surface area (Å²) in [5, 5.41) is 2.50. The van der Waals surface area contributed by atoms with Gasteiger partial charge in [-0.15, -0.1) is 11.8 Å². The third-order valence-corrected chi connectivity index (χ3v) is 4.58. The number of hydrogen-bond donors (Lipinski definition) is 0. The molecular formula is C15H11NS. The average Bonchev–Trinajstić information content (AvgIpc) is 2.78. The van der Waals surface area contributed by atoms with Crippen LogP contribution in [-0.4, -0.2) is 5.75 Å². The second-order valence-corrected chi connectivity index (χ2v) is 5.42. The Morgan fingerprint density at radius 2 is 1.82 bits per heavy atom. The molecule has 82 valence electrons. The first-order chi connectivity index (χ1) is 8.43. The van der Waals surface area contributed by atoms with Crippen LogP contribution in [0.2, 0.25) is 0 Å². The molecule has 4 rings (SSSR count). The molecule has 0 aromatic heterocycles. The molecule has 2 heterocycles. The molecule has 0 saturated carbocycles. The quantitative estimate of drug-likeness (QED) is 0.685. The molecule has 0 bridgehead atoms. The lowest BCUT2D eigenvalue weighted by Crippen LogP contribution is -2.23. The Labute approximate surface area is 104 Å². The predicted molar refractivity (Wildman–Crippen MR) is 70.5 cm³/mol. The minimum Gasteiger partial charge on any atom is -0.272 e. The molecule has 0 amide bonds. The molecule has 2 aromatic rings. The summed E-state index contributed by atoms with van der Waals surface area (Å²) in [6.07, 6.45) is 0. The van der Waals surface area contributed by atoms with Gasteiger partial charge in [0.1, 0.15) is 0 Å². The molecule has 17 heavy (non-hydrogen) atoms. The zero-order valence-electron chi connectivity index (χ0n) is 9.26. The zero-order chi connectivity index (χ0) is 11.2. The zero-order valence-corrected chi connectivity index (χ0v) is 10.1. The van der Waals surface area contributed by atoms with E-state index in [-0.39, 0.29) is 6.04 Å². The van der Waals surface area contributed by atoms with Crippen molar-refractivity contribution in [3.8, 4) is 0 Å². The minimum atomic E-state index is 0.268. The van der Waals surface area contributed by atoms with Gasteiger partial charge < -0.3 is 0 Å². The van der Waals surface area contributed by atoms with Crippen molar-refractivity contribution >= 4 is 17.3 Å². The number of nitrogens with zero attached hydrogens (tertiary/aromatic N) is 1. The first kappa shape index (κ1) is 9.49. The first-order valence-electron chi connectivity index (χ1n) is 5.81. The van der Waals surface area contributed by atoms with Gasteiger partial charge in [0.25, 0.3) is 0 Å². The smallest absolute Gasteiger partial charge is 0.0995 e. The maximum Gasteiger partial charge on any atom is 0.0995 e. The normalized spacial score (nSPS) is 20.2. The lowest BCUT2D eigenvalue weighted by Gasteiger charge is -2.22. The highest BCUT2D eigenvalue weighted by Crippen LogP contribution is 2.42. The van der Waals surface area contributed by atoms with Gasteiger partial charge in [0.05, 0.1) is 11.4 Å². The van der Waals surface area contributed by atoms with E-state index in [2.05, 4.69) is 48.5 Å². The summed E-state index contributed by atoms with van der Waals surface area (Å²) < 4.78 is 0. The molecule has 0 fully saturated rings. The predicted octanol–water partition coefficient (Wildman–Crippen LogP) is 2.32. The maximum absolute atomic E-state index is 4.86. The fraction of sp³-hybridized carbons (Fsp3) is 0.133. The fourth-order valence-corrected chi connectivity index (χ4v) is 3.77. The van der Waals surface area contributed by atoms with E-state index < -0.39 is 0 Å². The third kappa shape index (κ3) is 1.31. The summed E-state index contributed by atoms with van der Waals surface area (Å²) in [5.41, 5.74) is 2.85. The molecule has 0 aliphatic carbocycles. The Morgan fingerprint density at radius 3 is 2.82 bits per heavy atom. The molecule has 0 spiro atoms. The summed E-state index contributed by atoms with van der Waals surface area (Å²) in [6, 6.07) is 17.4. The Kier molecular flexibility index (Phi) is 1.94. The van der Waals surface area contributed by atoms with E-state index in [1.165, 1.54) is 21.3 Å². The second kappa shape index (κ2) is 3.47. The van der Waals surface area contributed by atoms with E-state index in [9.17, 15) is 0 Å². The van der Waals surface area contributed by atoms with Crippen molar-refractivity contribution in [2.24, 2.45) is 4.99 Å². The summed E-state index contributed by atoms with van der Waals surface area (Å²) in [7, 11) is 0.